The van der Waals surface area contributed by atoms with E-state index in [1.807, 2.05) is 38.1 Å². The molecule has 0 aliphatic carbocycles. The van der Waals surface area contributed by atoms with Gasteiger partial charge >= 0.3 is 0 Å². The lowest BCUT2D eigenvalue weighted by atomic mass is 10.00. The third-order valence-corrected chi connectivity index (χ3v) is 6.69. The van der Waals surface area contributed by atoms with E-state index < -0.39 is 10.0 Å². The van der Waals surface area contributed by atoms with Gasteiger partial charge in [-0.15, -0.1) is 0 Å². The Morgan fingerprint density at radius 3 is 2.50 bits per heavy atom. The smallest absolute Gasteiger partial charge is 0.264 e. The number of nitrogens with zero attached hydrogens (tertiary/aromatic N) is 2. The van der Waals surface area contributed by atoms with Gasteiger partial charge in [0.25, 0.3) is 10.0 Å². The van der Waals surface area contributed by atoms with Crippen LogP contribution >= 0.6 is 0 Å². The molecule has 32 heavy (non-hydrogen) atoms. The zero-order valence-corrected chi connectivity index (χ0v) is 19.5. The Labute approximate surface area is 189 Å². The lowest BCUT2D eigenvalue weighted by Crippen LogP contribution is -2.29. The summed E-state index contributed by atoms with van der Waals surface area (Å²) in [5.74, 6) is 0.748. The molecule has 0 saturated carbocycles. The Hall–Kier alpha value is -3.13. The highest BCUT2D eigenvalue weighted by Gasteiger charge is 2.21. The quantitative estimate of drug-likeness (QED) is 0.594. The average molecular weight is 453 g/mol. The number of rotatable bonds is 3. The number of aromatic nitrogens is 2. The Kier molecular flexibility index (Phi) is 6.06. The first-order valence-electron chi connectivity index (χ1n) is 10.7. The van der Waals surface area contributed by atoms with Crippen LogP contribution in [0.15, 0.2) is 53.4 Å². The zero-order chi connectivity index (χ0) is 22.9. The molecule has 2 aromatic carbocycles. The molecule has 1 atom stereocenters. The van der Waals surface area contributed by atoms with Crippen LogP contribution in [0.25, 0.3) is 11.3 Å². The molecule has 1 aromatic heterocycles. The lowest BCUT2D eigenvalue weighted by Gasteiger charge is -2.23. The van der Waals surface area contributed by atoms with Crippen molar-refractivity contribution in [2.45, 2.75) is 45.1 Å². The molecule has 0 fully saturated rings. The van der Waals surface area contributed by atoms with Crippen molar-refractivity contribution >= 4 is 21.7 Å². The van der Waals surface area contributed by atoms with Crippen molar-refractivity contribution < 1.29 is 13.2 Å². The van der Waals surface area contributed by atoms with E-state index >= 15 is 0 Å². The molecule has 8 heteroatoms. The van der Waals surface area contributed by atoms with Crippen LogP contribution < -0.4 is 14.8 Å². The summed E-state index contributed by atoms with van der Waals surface area (Å²) in [7, 11) is -3.88. The highest BCUT2D eigenvalue weighted by Crippen LogP contribution is 2.30. The molecular formula is C24H28N4O3S. The Morgan fingerprint density at radius 1 is 1.06 bits per heavy atom. The average Bonchev–Trinajstić information content (AvgIpc) is 2.71. The fourth-order valence-electron chi connectivity index (χ4n) is 3.98. The maximum atomic E-state index is 13.1. The number of sulfonamides is 1. The minimum atomic E-state index is -3.88. The van der Waals surface area contributed by atoms with Crippen molar-refractivity contribution in [1.82, 2.24) is 9.97 Å². The highest BCUT2D eigenvalue weighted by molar-refractivity contribution is 7.92. The summed E-state index contributed by atoms with van der Waals surface area (Å²) in [4.78, 5) is 9.03. The van der Waals surface area contributed by atoms with Crippen molar-refractivity contribution in [2.75, 3.05) is 16.6 Å². The fourth-order valence-corrected chi connectivity index (χ4v) is 4.97. The van der Waals surface area contributed by atoms with Crippen molar-refractivity contribution in [3.05, 3.63) is 59.7 Å². The van der Waals surface area contributed by atoms with E-state index in [1.54, 1.807) is 24.3 Å². The maximum absolute atomic E-state index is 13.1. The Bertz CT molecular complexity index is 1220. The van der Waals surface area contributed by atoms with Crippen LogP contribution in [0.4, 0.5) is 11.6 Å². The van der Waals surface area contributed by atoms with Gasteiger partial charge in [0, 0.05) is 17.3 Å². The summed E-state index contributed by atoms with van der Waals surface area (Å²) in [6.07, 6.45) is 0.858. The number of anilines is 2. The first-order valence-corrected chi connectivity index (χ1v) is 12.2. The summed E-state index contributed by atoms with van der Waals surface area (Å²) < 4.78 is 34.7. The molecule has 0 radical (unpaired) electrons. The van der Waals surface area contributed by atoms with Gasteiger partial charge in [-0.2, -0.15) is 4.98 Å². The van der Waals surface area contributed by atoms with Crippen molar-refractivity contribution in [2.24, 2.45) is 5.92 Å². The summed E-state index contributed by atoms with van der Waals surface area (Å²) >= 11 is 0. The zero-order valence-electron chi connectivity index (χ0n) is 18.7. The molecule has 0 amide bonds. The second-order valence-corrected chi connectivity index (χ2v) is 10.3. The van der Waals surface area contributed by atoms with Gasteiger partial charge in [0.15, 0.2) is 0 Å². The molecular weight excluding hydrogens is 424 g/mol. The number of hydrogen-bond donors (Lipinski definition) is 2. The van der Waals surface area contributed by atoms with E-state index in [2.05, 4.69) is 33.9 Å². The number of hydrogen-bond acceptors (Lipinski definition) is 6. The largest absolute Gasteiger partial charge is 0.475 e. The van der Waals surface area contributed by atoms with Gasteiger partial charge in [-0.25, -0.2) is 18.1 Å². The Morgan fingerprint density at radius 2 is 1.78 bits per heavy atom. The molecule has 0 spiro atoms. The molecule has 2 heterocycles. The predicted octanol–water partition coefficient (Wildman–Crippen LogP) is 4.78. The first-order chi connectivity index (χ1) is 15.2. The van der Waals surface area contributed by atoms with Crippen LogP contribution in [0, 0.1) is 19.8 Å². The van der Waals surface area contributed by atoms with E-state index in [4.69, 9.17) is 4.74 Å². The molecule has 4 bridgehead atoms. The van der Waals surface area contributed by atoms with Crippen LogP contribution in [-0.4, -0.2) is 31.0 Å². The number of fused-ring (bicyclic) bond motifs is 4. The van der Waals surface area contributed by atoms with Gasteiger partial charge in [-0.05, 0) is 55.5 Å². The first kappa shape index (κ1) is 22.1. The van der Waals surface area contributed by atoms with Gasteiger partial charge in [-0.1, -0.05) is 38.1 Å². The molecule has 7 nitrogen and oxygen atoms in total. The summed E-state index contributed by atoms with van der Waals surface area (Å²) in [5, 5.41) is 3.42. The van der Waals surface area contributed by atoms with Crippen molar-refractivity contribution in [1.29, 1.82) is 0 Å². The molecule has 0 saturated heterocycles. The van der Waals surface area contributed by atoms with Crippen LogP contribution in [0.2, 0.25) is 0 Å². The van der Waals surface area contributed by atoms with Crippen LogP contribution in [0.5, 0.6) is 5.88 Å². The van der Waals surface area contributed by atoms with Crippen LogP contribution in [0.3, 0.4) is 0 Å². The molecule has 3 aromatic rings. The maximum Gasteiger partial charge on any atom is 0.264 e. The number of aryl methyl sites for hydroxylation is 2. The number of ether oxygens (including phenoxy) is 1. The number of nitrogens with one attached hydrogen (secondary N) is 2. The molecule has 2 N–H and O–H groups in total. The molecule has 0 unspecified atom stereocenters. The summed E-state index contributed by atoms with van der Waals surface area (Å²) in [6.45, 7) is 8.68. The normalized spacial score (nSPS) is 17.3. The third kappa shape index (κ3) is 4.85. The monoisotopic (exact) mass is 452 g/mol. The van der Waals surface area contributed by atoms with E-state index in [0.717, 1.165) is 28.8 Å². The van der Waals surface area contributed by atoms with Gasteiger partial charge in [0.2, 0.25) is 11.8 Å². The Balaban J connectivity index is 1.84. The van der Waals surface area contributed by atoms with E-state index in [-0.39, 0.29) is 16.9 Å². The summed E-state index contributed by atoms with van der Waals surface area (Å²) in [5.41, 5.74) is 4.35. The highest BCUT2D eigenvalue weighted by atomic mass is 32.2. The second kappa shape index (κ2) is 8.78. The van der Waals surface area contributed by atoms with Crippen molar-refractivity contribution in [3.63, 3.8) is 0 Å². The SMILES string of the molecule is Cc1cccc(C)c1-c1cc2nc(n1)NS(=O)(=O)c1cccc(c1)N[C@H](CC(C)C)CO2. The summed E-state index contributed by atoms with van der Waals surface area (Å²) in [6, 6.07) is 14.5. The topological polar surface area (TPSA) is 93.2 Å². The lowest BCUT2D eigenvalue weighted by molar-refractivity contribution is 0.271. The fraction of sp³-hybridized carbons (Fsp3) is 0.333. The molecule has 168 valence electrons. The van der Waals surface area contributed by atoms with E-state index in [9.17, 15) is 8.42 Å². The van der Waals surface area contributed by atoms with E-state index in [1.165, 1.54) is 0 Å². The third-order valence-electron chi connectivity index (χ3n) is 5.37. The number of benzene rings is 2. The van der Waals surface area contributed by atoms with Crippen LogP contribution in [0.1, 0.15) is 31.4 Å². The van der Waals surface area contributed by atoms with Crippen molar-refractivity contribution in [3.8, 4) is 17.1 Å². The molecule has 1 aliphatic heterocycles. The minimum absolute atomic E-state index is 0.0117. The van der Waals surface area contributed by atoms with E-state index in [0.29, 0.717) is 24.1 Å². The van der Waals surface area contributed by atoms with Gasteiger partial charge in [0.1, 0.15) is 6.61 Å². The minimum Gasteiger partial charge on any atom is -0.475 e. The van der Waals surface area contributed by atoms with Crippen LogP contribution in [-0.2, 0) is 10.0 Å². The van der Waals surface area contributed by atoms with Gasteiger partial charge in [0.05, 0.1) is 16.6 Å². The predicted molar refractivity (Wildman–Crippen MR) is 127 cm³/mol. The van der Waals surface area contributed by atoms with Gasteiger partial charge in [-0.3, -0.25) is 0 Å². The standard InChI is InChI=1S/C24H28N4O3S/c1-15(2)11-19-14-31-22-13-21(23-16(3)7-5-8-17(23)4)26-24(27-22)28-32(29,30)20-10-6-9-18(12-20)25-19/h5-10,12-13,15,19,25H,11,14H2,1-4H3,(H,26,27,28)/t19-/m1/s1. The van der Waals surface area contributed by atoms with Gasteiger partial charge < -0.3 is 10.1 Å². The molecule has 4 rings (SSSR count). The second-order valence-electron chi connectivity index (χ2n) is 8.60. The molecule has 1 aliphatic rings.